The van der Waals surface area contributed by atoms with Gasteiger partial charge in [-0.3, -0.25) is 4.21 Å². The van der Waals surface area contributed by atoms with E-state index in [1.165, 1.54) is 0 Å². The highest BCUT2D eigenvalue weighted by Gasteiger charge is 2.14. The van der Waals surface area contributed by atoms with E-state index in [0.29, 0.717) is 11.3 Å². The quantitative estimate of drug-likeness (QED) is 0.906. The molecule has 3 nitrogen and oxygen atoms in total. The number of aromatic nitrogens is 1. The van der Waals surface area contributed by atoms with Gasteiger partial charge in [0, 0.05) is 34.2 Å². The van der Waals surface area contributed by atoms with E-state index in [1.807, 2.05) is 24.3 Å². The van der Waals surface area contributed by atoms with E-state index in [0.717, 1.165) is 28.9 Å². The van der Waals surface area contributed by atoms with Gasteiger partial charge >= 0.3 is 0 Å². The Bertz CT molecular complexity index is 625. The van der Waals surface area contributed by atoms with Crippen molar-refractivity contribution in [1.82, 2.24) is 4.98 Å². The Balaban J connectivity index is 2.42. The second-order valence-corrected chi connectivity index (χ2v) is 5.83. The first kappa shape index (κ1) is 13.6. The van der Waals surface area contributed by atoms with Crippen LogP contribution in [0.15, 0.2) is 41.6 Å². The van der Waals surface area contributed by atoms with Crippen LogP contribution < -0.4 is 0 Å². The first-order chi connectivity index (χ1) is 9.27. The molecule has 1 N–H and O–H groups in total. The molecule has 0 amide bonds. The number of nitrogens with zero attached hydrogens (tertiary/aromatic N) is 1. The first-order valence-electron chi connectivity index (χ1n) is 6.32. The Morgan fingerprint density at radius 1 is 1.26 bits per heavy atom. The van der Waals surface area contributed by atoms with Crippen molar-refractivity contribution in [3.63, 3.8) is 0 Å². The summed E-state index contributed by atoms with van der Waals surface area (Å²) in [4.78, 5) is 3.75. The van der Waals surface area contributed by atoms with Gasteiger partial charge in [-0.25, -0.2) is 0 Å². The van der Waals surface area contributed by atoms with Crippen LogP contribution in [0.3, 0.4) is 0 Å². The number of H-pyrrole nitrogens is 1. The van der Waals surface area contributed by atoms with Crippen LogP contribution in [0, 0.1) is 11.3 Å². The van der Waals surface area contributed by atoms with Crippen molar-refractivity contribution < 1.29 is 4.21 Å². The molecule has 0 aliphatic carbocycles. The van der Waals surface area contributed by atoms with Crippen molar-refractivity contribution in [3.05, 3.63) is 42.2 Å². The molecule has 2 rings (SSSR count). The lowest BCUT2D eigenvalue weighted by atomic mass is 10.1. The number of hydrogen-bond donors (Lipinski definition) is 1. The minimum Gasteiger partial charge on any atom is -0.366 e. The molecule has 0 saturated heterocycles. The van der Waals surface area contributed by atoms with E-state index >= 15 is 0 Å². The van der Waals surface area contributed by atoms with Gasteiger partial charge in [0.1, 0.15) is 6.07 Å². The van der Waals surface area contributed by atoms with Gasteiger partial charge in [-0.05, 0) is 12.5 Å². The van der Waals surface area contributed by atoms with Crippen molar-refractivity contribution in [1.29, 1.82) is 5.26 Å². The Hall–Kier alpha value is -1.86. The molecule has 1 aromatic carbocycles. The Morgan fingerprint density at radius 2 is 2.05 bits per heavy atom. The third-order valence-corrected chi connectivity index (χ3v) is 4.48. The molecular formula is C15H16N2OS. The lowest BCUT2D eigenvalue weighted by Crippen LogP contribution is -2.00. The van der Waals surface area contributed by atoms with E-state index < -0.39 is 10.8 Å². The fraction of sp³-hybridized carbons (Fsp3) is 0.267. The SMILES string of the molecule is CCCCS(=O)c1ccccc1-c1c[nH]cc1C#N. The maximum atomic E-state index is 12.3. The number of benzene rings is 1. The molecule has 0 aliphatic heterocycles. The van der Waals surface area contributed by atoms with Crippen molar-refractivity contribution >= 4 is 10.8 Å². The lowest BCUT2D eigenvalue weighted by Gasteiger charge is -2.08. The molecule has 0 spiro atoms. The Kier molecular flexibility index (Phi) is 4.53. The fourth-order valence-electron chi connectivity index (χ4n) is 1.95. The molecule has 2 aromatic rings. The highest BCUT2D eigenvalue weighted by atomic mass is 32.2. The fourth-order valence-corrected chi connectivity index (χ4v) is 3.38. The lowest BCUT2D eigenvalue weighted by molar-refractivity contribution is 0.680. The molecule has 0 bridgehead atoms. The molecule has 1 atom stereocenters. The first-order valence-corrected chi connectivity index (χ1v) is 7.64. The Morgan fingerprint density at radius 3 is 2.79 bits per heavy atom. The van der Waals surface area contributed by atoms with Crippen LogP contribution in [-0.4, -0.2) is 14.9 Å². The zero-order valence-corrected chi connectivity index (χ0v) is 11.7. The van der Waals surface area contributed by atoms with Gasteiger partial charge in [0.2, 0.25) is 0 Å². The average Bonchev–Trinajstić information content (AvgIpc) is 2.93. The molecule has 1 heterocycles. The van der Waals surface area contributed by atoms with Gasteiger partial charge in [0.25, 0.3) is 0 Å². The van der Waals surface area contributed by atoms with Gasteiger partial charge < -0.3 is 4.98 Å². The van der Waals surface area contributed by atoms with Gasteiger partial charge in [0.15, 0.2) is 0 Å². The molecule has 0 saturated carbocycles. The minimum atomic E-state index is -1.01. The van der Waals surface area contributed by atoms with E-state index in [9.17, 15) is 4.21 Å². The van der Waals surface area contributed by atoms with Crippen molar-refractivity contribution in [2.75, 3.05) is 5.75 Å². The zero-order valence-electron chi connectivity index (χ0n) is 10.8. The van der Waals surface area contributed by atoms with Crippen LogP contribution in [0.25, 0.3) is 11.1 Å². The standard InChI is InChI=1S/C15H16N2OS/c1-2-3-8-19(18)15-7-5-4-6-13(15)14-11-17-10-12(14)9-16/h4-7,10-11,17H,2-3,8H2,1H3. The van der Waals surface area contributed by atoms with E-state index in [2.05, 4.69) is 18.0 Å². The molecule has 1 aromatic heterocycles. The summed E-state index contributed by atoms with van der Waals surface area (Å²) in [5.41, 5.74) is 2.29. The third-order valence-electron chi connectivity index (χ3n) is 2.97. The molecule has 98 valence electrons. The summed E-state index contributed by atoms with van der Waals surface area (Å²) < 4.78 is 12.3. The van der Waals surface area contributed by atoms with Crippen LogP contribution in [0.4, 0.5) is 0 Å². The molecule has 4 heteroatoms. The van der Waals surface area contributed by atoms with Crippen LogP contribution in [0.1, 0.15) is 25.3 Å². The largest absolute Gasteiger partial charge is 0.366 e. The van der Waals surface area contributed by atoms with Crippen LogP contribution in [0.2, 0.25) is 0 Å². The summed E-state index contributed by atoms with van der Waals surface area (Å²) in [5, 5.41) is 9.09. The maximum absolute atomic E-state index is 12.3. The van der Waals surface area contributed by atoms with Crippen LogP contribution in [-0.2, 0) is 10.8 Å². The number of unbranched alkanes of at least 4 members (excludes halogenated alkanes) is 1. The molecular weight excluding hydrogens is 256 g/mol. The summed E-state index contributed by atoms with van der Waals surface area (Å²) >= 11 is 0. The summed E-state index contributed by atoms with van der Waals surface area (Å²) in [6, 6.07) is 9.75. The summed E-state index contributed by atoms with van der Waals surface area (Å²) in [7, 11) is -1.01. The normalized spacial score (nSPS) is 12.0. The van der Waals surface area contributed by atoms with Gasteiger partial charge in [-0.15, -0.1) is 0 Å². The maximum Gasteiger partial charge on any atom is 0.101 e. The summed E-state index contributed by atoms with van der Waals surface area (Å²) in [5.74, 6) is 0.666. The van der Waals surface area contributed by atoms with Gasteiger partial charge in [0.05, 0.1) is 16.4 Å². The highest BCUT2D eigenvalue weighted by molar-refractivity contribution is 7.85. The van der Waals surface area contributed by atoms with E-state index in [-0.39, 0.29) is 0 Å². The third kappa shape index (κ3) is 2.94. The van der Waals surface area contributed by atoms with Crippen LogP contribution in [0.5, 0.6) is 0 Å². The van der Waals surface area contributed by atoms with Crippen molar-refractivity contribution in [3.8, 4) is 17.2 Å². The van der Waals surface area contributed by atoms with Gasteiger partial charge in [-0.2, -0.15) is 5.26 Å². The second kappa shape index (κ2) is 6.35. The summed E-state index contributed by atoms with van der Waals surface area (Å²) in [6.45, 7) is 2.09. The predicted molar refractivity (Wildman–Crippen MR) is 77.1 cm³/mol. The zero-order chi connectivity index (χ0) is 13.7. The van der Waals surface area contributed by atoms with Crippen LogP contribution >= 0.6 is 0 Å². The number of nitriles is 1. The highest BCUT2D eigenvalue weighted by Crippen LogP contribution is 2.29. The van der Waals surface area contributed by atoms with Crippen molar-refractivity contribution in [2.45, 2.75) is 24.7 Å². The van der Waals surface area contributed by atoms with E-state index in [4.69, 9.17) is 5.26 Å². The predicted octanol–water partition coefficient (Wildman–Crippen LogP) is 3.46. The number of rotatable bonds is 5. The Labute approximate surface area is 115 Å². The number of nitrogens with one attached hydrogen (secondary N) is 1. The monoisotopic (exact) mass is 272 g/mol. The average molecular weight is 272 g/mol. The second-order valence-electron chi connectivity index (χ2n) is 4.29. The molecule has 0 aliphatic rings. The minimum absolute atomic E-state index is 0.583. The van der Waals surface area contributed by atoms with E-state index in [1.54, 1.807) is 12.4 Å². The van der Waals surface area contributed by atoms with Crippen molar-refractivity contribution in [2.24, 2.45) is 0 Å². The molecule has 0 fully saturated rings. The number of aromatic amines is 1. The summed E-state index contributed by atoms with van der Waals surface area (Å²) in [6.07, 6.45) is 5.43. The smallest absolute Gasteiger partial charge is 0.101 e. The topological polar surface area (TPSA) is 56.6 Å². The molecule has 0 radical (unpaired) electrons. The molecule has 1 unspecified atom stereocenters. The number of hydrogen-bond acceptors (Lipinski definition) is 2. The van der Waals surface area contributed by atoms with Gasteiger partial charge in [-0.1, -0.05) is 31.5 Å². The molecule has 19 heavy (non-hydrogen) atoms.